The lowest BCUT2D eigenvalue weighted by Crippen LogP contribution is -2.48. The predicted molar refractivity (Wildman–Crippen MR) is 92.2 cm³/mol. The molecule has 2 aromatic heterocycles. The molecule has 3 aromatic rings. The van der Waals surface area contributed by atoms with Gasteiger partial charge in [0, 0.05) is 18.6 Å². The Kier molecular flexibility index (Phi) is 3.18. The number of nitrogens with one attached hydrogen (secondary N) is 1. The largest absolute Gasteiger partial charge is 0.491 e. The number of hydrogen-bond donors (Lipinski definition) is 1. The van der Waals surface area contributed by atoms with Crippen molar-refractivity contribution in [1.29, 1.82) is 0 Å². The van der Waals surface area contributed by atoms with Gasteiger partial charge < -0.3 is 19.4 Å². The molecule has 1 aromatic carbocycles. The van der Waals surface area contributed by atoms with Gasteiger partial charge in [0.05, 0.1) is 22.3 Å². The minimum absolute atomic E-state index is 0.0633. The summed E-state index contributed by atoms with van der Waals surface area (Å²) in [5.74, 6) is 0.166. The van der Waals surface area contributed by atoms with Crippen LogP contribution in [0, 0.1) is 5.82 Å². The number of aromatic amines is 1. The Bertz CT molecular complexity index is 1070. The van der Waals surface area contributed by atoms with Crippen molar-refractivity contribution in [3.05, 3.63) is 52.6 Å². The lowest BCUT2D eigenvalue weighted by molar-refractivity contribution is 0.0256. The zero-order chi connectivity index (χ0) is 18.0. The number of carbonyl (C=O) groups excluding carboxylic acids is 1. The summed E-state index contributed by atoms with van der Waals surface area (Å²) in [7, 11) is 1.67. The SMILES string of the molecule is CN1C(=O)c2c[nH]c3ncc(cc23)OC2c3c(ccc(F)c3Cl)OCC21. The number of nitrogens with zero attached hydrogens (tertiary/aromatic N) is 2. The molecule has 0 fully saturated rings. The van der Waals surface area contributed by atoms with E-state index in [0.29, 0.717) is 33.7 Å². The number of pyridine rings is 1. The standard InChI is InChI=1S/C18H13ClFN3O3/c1-23-12-7-25-13-3-2-11(20)15(19)14(13)16(12)26-8-4-9-10(18(23)24)6-22-17(9)21-5-8/h2-6,12,16H,7H2,1H3,(H,21,22). The third-order valence-electron chi connectivity index (χ3n) is 4.95. The topological polar surface area (TPSA) is 67.5 Å². The highest BCUT2D eigenvalue weighted by atomic mass is 35.5. The first-order chi connectivity index (χ1) is 12.5. The number of benzene rings is 1. The number of carbonyl (C=O) groups is 1. The van der Waals surface area contributed by atoms with Crippen molar-refractivity contribution in [3.8, 4) is 11.5 Å². The first-order valence-electron chi connectivity index (χ1n) is 8.06. The molecule has 132 valence electrons. The number of aromatic nitrogens is 2. The molecule has 2 atom stereocenters. The molecule has 1 N–H and O–H groups in total. The van der Waals surface area contributed by atoms with E-state index >= 15 is 0 Å². The number of fused-ring (bicyclic) bond motifs is 4. The van der Waals surface area contributed by atoms with Gasteiger partial charge in [-0.3, -0.25) is 4.79 Å². The minimum Gasteiger partial charge on any atom is -0.491 e. The maximum atomic E-state index is 14.1. The Morgan fingerprint density at radius 3 is 3.12 bits per heavy atom. The molecule has 5 rings (SSSR count). The zero-order valence-corrected chi connectivity index (χ0v) is 14.4. The van der Waals surface area contributed by atoms with Gasteiger partial charge in [0.15, 0.2) is 6.10 Å². The van der Waals surface area contributed by atoms with E-state index in [-0.39, 0.29) is 17.5 Å². The third-order valence-corrected chi connectivity index (χ3v) is 5.34. The highest BCUT2D eigenvalue weighted by molar-refractivity contribution is 6.31. The fourth-order valence-corrected chi connectivity index (χ4v) is 3.82. The van der Waals surface area contributed by atoms with Gasteiger partial charge in [-0.25, -0.2) is 9.37 Å². The lowest BCUT2D eigenvalue weighted by atomic mass is 9.97. The first-order valence-corrected chi connectivity index (χ1v) is 8.44. The van der Waals surface area contributed by atoms with Crippen LogP contribution in [0.1, 0.15) is 22.0 Å². The van der Waals surface area contributed by atoms with E-state index < -0.39 is 18.0 Å². The van der Waals surface area contributed by atoms with E-state index in [1.807, 2.05) is 0 Å². The molecule has 0 spiro atoms. The van der Waals surface area contributed by atoms with Crippen LogP contribution in [0.2, 0.25) is 5.02 Å². The summed E-state index contributed by atoms with van der Waals surface area (Å²) in [6.07, 6.45) is 2.52. The monoisotopic (exact) mass is 373 g/mol. The maximum Gasteiger partial charge on any atom is 0.256 e. The van der Waals surface area contributed by atoms with Crippen molar-refractivity contribution >= 4 is 28.5 Å². The second kappa shape index (κ2) is 5.35. The molecule has 8 heteroatoms. The van der Waals surface area contributed by atoms with Gasteiger partial charge in [0.25, 0.3) is 5.91 Å². The molecule has 0 saturated heterocycles. The van der Waals surface area contributed by atoms with Crippen LogP contribution in [0.5, 0.6) is 11.5 Å². The van der Waals surface area contributed by atoms with Crippen LogP contribution in [0.3, 0.4) is 0 Å². The molecule has 2 aliphatic heterocycles. The van der Waals surface area contributed by atoms with Gasteiger partial charge in [-0.05, 0) is 18.2 Å². The lowest BCUT2D eigenvalue weighted by Gasteiger charge is -2.38. The molecule has 1 amide bonds. The second-order valence-corrected chi connectivity index (χ2v) is 6.75. The molecular weight excluding hydrogens is 361 g/mol. The first kappa shape index (κ1) is 15.5. The van der Waals surface area contributed by atoms with Gasteiger partial charge in [-0.2, -0.15) is 0 Å². The number of rotatable bonds is 0. The number of ether oxygens (including phenoxy) is 2. The normalized spacial score (nSPS) is 21.3. The molecule has 0 aliphatic carbocycles. The molecule has 6 nitrogen and oxygen atoms in total. The van der Waals surface area contributed by atoms with Crippen molar-refractivity contribution < 1.29 is 18.7 Å². The van der Waals surface area contributed by atoms with E-state index in [2.05, 4.69) is 9.97 Å². The third kappa shape index (κ3) is 2.03. The molecule has 26 heavy (non-hydrogen) atoms. The molecular formula is C18H13ClFN3O3. The van der Waals surface area contributed by atoms with Crippen molar-refractivity contribution in [2.75, 3.05) is 13.7 Å². The van der Waals surface area contributed by atoms with Crippen LogP contribution >= 0.6 is 11.6 Å². The van der Waals surface area contributed by atoms with Crippen LogP contribution in [0.25, 0.3) is 11.0 Å². The highest BCUT2D eigenvalue weighted by Crippen LogP contribution is 2.43. The summed E-state index contributed by atoms with van der Waals surface area (Å²) in [5, 5.41) is 0.608. The van der Waals surface area contributed by atoms with Gasteiger partial charge in [0.1, 0.15) is 35.6 Å². The Morgan fingerprint density at radius 1 is 1.42 bits per heavy atom. The second-order valence-electron chi connectivity index (χ2n) is 6.38. The summed E-state index contributed by atoms with van der Waals surface area (Å²) < 4.78 is 26.0. The Morgan fingerprint density at radius 2 is 2.27 bits per heavy atom. The predicted octanol–water partition coefficient (Wildman–Crippen LogP) is 3.32. The summed E-state index contributed by atoms with van der Waals surface area (Å²) in [6.45, 7) is 0.207. The van der Waals surface area contributed by atoms with E-state index in [1.54, 1.807) is 30.4 Å². The van der Waals surface area contributed by atoms with Crippen LogP contribution in [0.15, 0.2) is 30.6 Å². The zero-order valence-electron chi connectivity index (χ0n) is 13.6. The molecule has 2 bridgehead atoms. The number of likely N-dealkylation sites (N-methyl/N-ethyl adjacent to an activating group) is 1. The van der Waals surface area contributed by atoms with Crippen LogP contribution in [-0.2, 0) is 0 Å². The Labute approximate surface area is 152 Å². The van der Waals surface area contributed by atoms with Gasteiger partial charge >= 0.3 is 0 Å². The Balaban J connectivity index is 1.74. The summed E-state index contributed by atoms with van der Waals surface area (Å²) in [6, 6.07) is 4.05. The average Bonchev–Trinajstić information content (AvgIpc) is 3.07. The number of amides is 1. The van der Waals surface area contributed by atoms with Crippen molar-refractivity contribution in [2.24, 2.45) is 0 Å². The molecule has 2 aliphatic rings. The van der Waals surface area contributed by atoms with E-state index in [1.165, 1.54) is 12.1 Å². The Hall–Kier alpha value is -2.80. The van der Waals surface area contributed by atoms with Crippen molar-refractivity contribution in [2.45, 2.75) is 12.1 Å². The fourth-order valence-electron chi connectivity index (χ4n) is 3.56. The highest BCUT2D eigenvalue weighted by Gasteiger charge is 2.41. The van der Waals surface area contributed by atoms with E-state index in [9.17, 15) is 9.18 Å². The smallest absolute Gasteiger partial charge is 0.256 e. The van der Waals surface area contributed by atoms with Gasteiger partial charge in [-0.1, -0.05) is 11.6 Å². The number of hydrogen-bond acceptors (Lipinski definition) is 4. The van der Waals surface area contributed by atoms with Crippen molar-refractivity contribution in [3.63, 3.8) is 0 Å². The van der Waals surface area contributed by atoms with E-state index in [4.69, 9.17) is 21.1 Å². The number of H-pyrrole nitrogens is 1. The molecule has 0 saturated carbocycles. The van der Waals surface area contributed by atoms with Crippen LogP contribution in [-0.4, -0.2) is 40.5 Å². The molecule has 0 radical (unpaired) electrons. The van der Waals surface area contributed by atoms with Gasteiger partial charge in [0.2, 0.25) is 0 Å². The van der Waals surface area contributed by atoms with Gasteiger partial charge in [-0.15, -0.1) is 0 Å². The quantitative estimate of drug-likeness (QED) is 0.656. The van der Waals surface area contributed by atoms with Crippen LogP contribution < -0.4 is 9.47 Å². The maximum absolute atomic E-state index is 14.1. The number of halogens is 2. The molecule has 2 unspecified atom stereocenters. The van der Waals surface area contributed by atoms with Crippen molar-refractivity contribution in [1.82, 2.24) is 14.9 Å². The summed E-state index contributed by atoms with van der Waals surface area (Å²) in [5.41, 5.74) is 1.49. The summed E-state index contributed by atoms with van der Waals surface area (Å²) >= 11 is 6.22. The molecule has 4 heterocycles. The minimum atomic E-state index is -0.678. The van der Waals surface area contributed by atoms with Crippen LogP contribution in [0.4, 0.5) is 4.39 Å². The van der Waals surface area contributed by atoms with E-state index in [0.717, 1.165) is 0 Å². The fraction of sp³-hybridized carbons (Fsp3) is 0.222. The average molecular weight is 374 g/mol. The summed E-state index contributed by atoms with van der Waals surface area (Å²) in [4.78, 5) is 21.8.